The lowest BCUT2D eigenvalue weighted by Gasteiger charge is -2.14. The Morgan fingerprint density at radius 2 is 1.86 bits per heavy atom. The van der Waals surface area contributed by atoms with E-state index in [0.717, 1.165) is 11.3 Å². The molecule has 0 bridgehead atoms. The van der Waals surface area contributed by atoms with E-state index in [1.807, 2.05) is 19.1 Å². The van der Waals surface area contributed by atoms with Gasteiger partial charge in [0.1, 0.15) is 5.75 Å². The highest BCUT2D eigenvalue weighted by atomic mass is 16.5. The average molecular weight is 284 g/mol. The zero-order chi connectivity index (χ0) is 15.6. The molecular weight excluding hydrogens is 264 g/mol. The lowest BCUT2D eigenvalue weighted by Crippen LogP contribution is -2.13. The fourth-order valence-corrected chi connectivity index (χ4v) is 2.05. The minimum Gasteiger partial charge on any atom is -0.455 e. The van der Waals surface area contributed by atoms with Crippen LogP contribution in [0.4, 0.5) is 5.69 Å². The van der Waals surface area contributed by atoms with Gasteiger partial charge in [-0.3, -0.25) is 4.79 Å². The SMILES string of the molecule is Cc1ccc(C(C)C)cc1Oc1cccc(C(N)=O)c1N. The van der Waals surface area contributed by atoms with Gasteiger partial charge in [0.15, 0.2) is 5.75 Å². The quantitative estimate of drug-likeness (QED) is 0.842. The molecule has 2 aromatic carbocycles. The number of hydrogen-bond acceptors (Lipinski definition) is 3. The predicted molar refractivity (Wildman–Crippen MR) is 84.7 cm³/mol. The maximum absolute atomic E-state index is 11.3. The van der Waals surface area contributed by atoms with Crippen molar-refractivity contribution < 1.29 is 9.53 Å². The first-order chi connectivity index (χ1) is 9.90. The van der Waals surface area contributed by atoms with Crippen molar-refractivity contribution in [3.63, 3.8) is 0 Å². The van der Waals surface area contributed by atoms with Crippen molar-refractivity contribution in [1.29, 1.82) is 0 Å². The van der Waals surface area contributed by atoms with Crippen molar-refractivity contribution in [2.45, 2.75) is 26.7 Å². The molecule has 0 heterocycles. The molecule has 0 radical (unpaired) electrons. The first-order valence-electron chi connectivity index (χ1n) is 6.87. The molecule has 4 heteroatoms. The second-order valence-corrected chi connectivity index (χ2v) is 5.36. The number of aryl methyl sites for hydroxylation is 1. The topological polar surface area (TPSA) is 78.3 Å². The predicted octanol–water partition coefficient (Wildman–Crippen LogP) is 3.59. The molecule has 0 aliphatic heterocycles. The fourth-order valence-electron chi connectivity index (χ4n) is 2.05. The molecule has 0 saturated heterocycles. The molecular formula is C17H20N2O2. The number of ether oxygens (including phenoxy) is 1. The summed E-state index contributed by atoms with van der Waals surface area (Å²) in [6.07, 6.45) is 0. The van der Waals surface area contributed by atoms with Gasteiger partial charge in [0.05, 0.1) is 11.3 Å². The van der Waals surface area contributed by atoms with E-state index in [9.17, 15) is 4.79 Å². The van der Waals surface area contributed by atoms with E-state index in [2.05, 4.69) is 19.9 Å². The molecule has 0 aromatic heterocycles. The van der Waals surface area contributed by atoms with E-state index in [-0.39, 0.29) is 11.3 Å². The zero-order valence-corrected chi connectivity index (χ0v) is 12.5. The third kappa shape index (κ3) is 3.16. The molecule has 0 aliphatic rings. The number of nitrogen functional groups attached to an aromatic ring is 1. The van der Waals surface area contributed by atoms with Gasteiger partial charge in [-0.15, -0.1) is 0 Å². The maximum Gasteiger partial charge on any atom is 0.250 e. The molecule has 21 heavy (non-hydrogen) atoms. The number of primary amides is 1. The number of amides is 1. The monoisotopic (exact) mass is 284 g/mol. The molecule has 1 amide bonds. The largest absolute Gasteiger partial charge is 0.455 e. The maximum atomic E-state index is 11.3. The van der Waals surface area contributed by atoms with Crippen molar-refractivity contribution in [3.05, 3.63) is 53.1 Å². The number of para-hydroxylation sites is 1. The molecule has 0 aliphatic carbocycles. The van der Waals surface area contributed by atoms with Gasteiger partial charge in [-0.05, 0) is 42.2 Å². The van der Waals surface area contributed by atoms with Gasteiger partial charge in [0.25, 0.3) is 5.91 Å². The van der Waals surface area contributed by atoms with Crippen LogP contribution in [0.5, 0.6) is 11.5 Å². The van der Waals surface area contributed by atoms with Gasteiger partial charge in [-0.1, -0.05) is 32.0 Å². The Morgan fingerprint density at radius 3 is 2.48 bits per heavy atom. The van der Waals surface area contributed by atoms with Crippen LogP contribution in [0.25, 0.3) is 0 Å². The highest BCUT2D eigenvalue weighted by Crippen LogP contribution is 2.33. The number of anilines is 1. The summed E-state index contributed by atoms with van der Waals surface area (Å²) in [5.74, 6) is 1.01. The molecule has 2 aromatic rings. The van der Waals surface area contributed by atoms with Crippen molar-refractivity contribution in [2.24, 2.45) is 5.73 Å². The van der Waals surface area contributed by atoms with E-state index in [1.165, 1.54) is 5.56 Å². The van der Waals surface area contributed by atoms with Crippen molar-refractivity contribution in [3.8, 4) is 11.5 Å². The first kappa shape index (κ1) is 14.9. The summed E-state index contributed by atoms with van der Waals surface area (Å²) in [5, 5.41) is 0. The normalized spacial score (nSPS) is 10.7. The minimum absolute atomic E-state index is 0.263. The zero-order valence-electron chi connectivity index (χ0n) is 12.5. The van der Waals surface area contributed by atoms with E-state index >= 15 is 0 Å². The second kappa shape index (κ2) is 5.87. The Labute approximate surface area is 124 Å². The average Bonchev–Trinajstić information content (AvgIpc) is 2.42. The van der Waals surface area contributed by atoms with Crippen LogP contribution in [0.3, 0.4) is 0 Å². The van der Waals surface area contributed by atoms with Gasteiger partial charge in [0.2, 0.25) is 0 Å². The summed E-state index contributed by atoms with van der Waals surface area (Å²) in [6.45, 7) is 6.21. The van der Waals surface area contributed by atoms with Crippen LogP contribution in [0.1, 0.15) is 41.3 Å². The van der Waals surface area contributed by atoms with Crippen LogP contribution in [0.2, 0.25) is 0 Å². The number of carbonyl (C=O) groups is 1. The standard InChI is InChI=1S/C17H20N2O2/c1-10(2)12-8-7-11(3)15(9-12)21-14-6-4-5-13(16(14)18)17(19)20/h4-10H,18H2,1-3H3,(H2,19,20). The Morgan fingerprint density at radius 1 is 1.14 bits per heavy atom. The molecule has 4 nitrogen and oxygen atoms in total. The molecule has 2 rings (SSSR count). The molecule has 0 fully saturated rings. The van der Waals surface area contributed by atoms with Crippen LogP contribution in [0.15, 0.2) is 36.4 Å². The van der Waals surface area contributed by atoms with Crippen LogP contribution in [-0.4, -0.2) is 5.91 Å². The summed E-state index contributed by atoms with van der Waals surface area (Å²) in [4.78, 5) is 11.3. The summed E-state index contributed by atoms with van der Waals surface area (Å²) in [7, 11) is 0. The van der Waals surface area contributed by atoms with Gasteiger partial charge >= 0.3 is 0 Å². The lowest BCUT2D eigenvalue weighted by molar-refractivity contribution is 0.100. The van der Waals surface area contributed by atoms with Gasteiger partial charge in [-0.2, -0.15) is 0 Å². The fraction of sp³-hybridized carbons (Fsp3) is 0.235. The summed E-state index contributed by atoms with van der Waals surface area (Å²) >= 11 is 0. The second-order valence-electron chi connectivity index (χ2n) is 5.36. The van der Waals surface area contributed by atoms with E-state index in [1.54, 1.807) is 18.2 Å². The molecule has 0 spiro atoms. The summed E-state index contributed by atoms with van der Waals surface area (Å²) in [5.41, 5.74) is 14.0. The van der Waals surface area contributed by atoms with E-state index in [4.69, 9.17) is 16.2 Å². The highest BCUT2D eigenvalue weighted by molar-refractivity contribution is 5.99. The molecule has 0 atom stereocenters. The molecule has 0 unspecified atom stereocenters. The molecule has 4 N–H and O–H groups in total. The Kier molecular flexibility index (Phi) is 4.17. The molecule has 0 saturated carbocycles. The van der Waals surface area contributed by atoms with Crippen molar-refractivity contribution in [1.82, 2.24) is 0 Å². The van der Waals surface area contributed by atoms with Crippen LogP contribution in [-0.2, 0) is 0 Å². The molecule has 110 valence electrons. The van der Waals surface area contributed by atoms with E-state index < -0.39 is 5.91 Å². The lowest BCUT2D eigenvalue weighted by atomic mass is 10.0. The first-order valence-corrected chi connectivity index (χ1v) is 6.87. The third-order valence-electron chi connectivity index (χ3n) is 3.43. The van der Waals surface area contributed by atoms with Crippen LogP contribution in [0, 0.1) is 6.92 Å². The highest BCUT2D eigenvalue weighted by Gasteiger charge is 2.12. The number of benzene rings is 2. The van der Waals surface area contributed by atoms with E-state index in [0.29, 0.717) is 11.7 Å². The number of carbonyl (C=O) groups excluding carboxylic acids is 1. The summed E-state index contributed by atoms with van der Waals surface area (Å²) < 4.78 is 5.89. The van der Waals surface area contributed by atoms with Crippen LogP contribution >= 0.6 is 0 Å². The van der Waals surface area contributed by atoms with Crippen molar-refractivity contribution >= 4 is 11.6 Å². The smallest absolute Gasteiger partial charge is 0.250 e. The summed E-state index contributed by atoms with van der Waals surface area (Å²) in [6, 6.07) is 11.1. The van der Waals surface area contributed by atoms with Gasteiger partial charge in [0, 0.05) is 0 Å². The van der Waals surface area contributed by atoms with Crippen molar-refractivity contribution in [2.75, 3.05) is 5.73 Å². The Hall–Kier alpha value is -2.49. The number of hydrogen-bond donors (Lipinski definition) is 2. The number of nitrogens with two attached hydrogens (primary N) is 2. The third-order valence-corrected chi connectivity index (χ3v) is 3.43. The Bertz CT molecular complexity index is 678. The minimum atomic E-state index is -0.564. The van der Waals surface area contributed by atoms with Gasteiger partial charge in [-0.25, -0.2) is 0 Å². The Balaban J connectivity index is 2.41. The van der Waals surface area contributed by atoms with Gasteiger partial charge < -0.3 is 16.2 Å². The van der Waals surface area contributed by atoms with Crippen LogP contribution < -0.4 is 16.2 Å². The number of rotatable bonds is 4.